The highest BCUT2D eigenvalue weighted by Gasteiger charge is 2.12. The first-order valence-corrected chi connectivity index (χ1v) is 9.51. The second-order valence-corrected chi connectivity index (χ2v) is 6.58. The maximum absolute atomic E-state index is 5.44. The first-order valence-electron chi connectivity index (χ1n) is 9.51. The average molecular weight is 442 g/mol. The molecular weight excluding hydrogens is 410 g/mol. The molecule has 7 nitrogen and oxygen atoms in total. The number of benzene rings is 1. The van der Waals surface area contributed by atoms with Crippen LogP contribution in [0.25, 0.3) is 0 Å². The topological polar surface area (TPSA) is 61.4 Å². The van der Waals surface area contributed by atoms with Gasteiger partial charge in [-0.3, -0.25) is 9.89 Å². The third kappa shape index (κ3) is 7.29. The largest absolute Gasteiger partial charge is 0.379 e. The van der Waals surface area contributed by atoms with Crippen molar-refractivity contribution in [1.29, 1.82) is 0 Å². The number of halogens is 1. The summed E-state index contributed by atoms with van der Waals surface area (Å²) in [5.41, 5.74) is 2.52. The van der Waals surface area contributed by atoms with Crippen LogP contribution in [0.4, 0.5) is 5.69 Å². The van der Waals surface area contributed by atoms with Gasteiger partial charge in [-0.2, -0.15) is 0 Å². The van der Waals surface area contributed by atoms with E-state index in [0.717, 1.165) is 78.2 Å². The van der Waals surface area contributed by atoms with Crippen molar-refractivity contribution in [3.8, 4) is 0 Å². The fraction of sp³-hybridized carbons (Fsp3) is 0.632. The van der Waals surface area contributed by atoms with Crippen LogP contribution in [0.15, 0.2) is 29.3 Å². The van der Waals surface area contributed by atoms with Crippen molar-refractivity contribution < 1.29 is 9.47 Å². The summed E-state index contributed by atoms with van der Waals surface area (Å²) >= 11 is 0. The Morgan fingerprint density at radius 3 is 2.44 bits per heavy atom. The van der Waals surface area contributed by atoms with Gasteiger partial charge in [-0.05, 0) is 17.7 Å². The second kappa shape index (κ2) is 12.2. The summed E-state index contributed by atoms with van der Waals surface area (Å²) < 4.78 is 10.8. The Bertz CT molecular complexity index is 575. The van der Waals surface area contributed by atoms with E-state index in [0.29, 0.717) is 0 Å². The lowest BCUT2D eigenvalue weighted by atomic mass is 10.2. The van der Waals surface area contributed by atoms with Gasteiger partial charge in [0.1, 0.15) is 0 Å². The molecule has 2 fully saturated rings. The number of guanidine groups is 1. The summed E-state index contributed by atoms with van der Waals surface area (Å²) in [6.45, 7) is 9.90. The van der Waals surface area contributed by atoms with E-state index >= 15 is 0 Å². The van der Waals surface area contributed by atoms with Gasteiger partial charge in [-0.15, -0.1) is 17.0 Å². The molecule has 152 valence electrons. The maximum atomic E-state index is 5.44. The third-order valence-electron chi connectivity index (χ3n) is 4.79. The number of nitrogens with one attached hydrogen (secondary N) is 2. The predicted octanol–water partition coefficient (Wildman–Crippen LogP) is 1.10. The van der Waals surface area contributed by atoms with Crippen LogP contribution in [-0.2, 0) is 16.0 Å². The molecule has 0 atom stereocenters. The predicted molar refractivity (Wildman–Crippen MR) is 115 cm³/mol. The van der Waals surface area contributed by atoms with Crippen LogP contribution in [0.1, 0.15) is 5.56 Å². The Balaban J connectivity index is 0.00000261. The first-order chi connectivity index (χ1) is 12.8. The van der Waals surface area contributed by atoms with Gasteiger partial charge in [0.05, 0.1) is 26.4 Å². The van der Waals surface area contributed by atoms with E-state index in [2.05, 4.69) is 49.7 Å². The van der Waals surface area contributed by atoms with E-state index in [1.165, 1.54) is 11.3 Å². The second-order valence-electron chi connectivity index (χ2n) is 6.58. The molecule has 0 amide bonds. The maximum Gasteiger partial charge on any atom is 0.191 e. The molecule has 0 bridgehead atoms. The van der Waals surface area contributed by atoms with Crippen molar-refractivity contribution in [3.05, 3.63) is 29.8 Å². The molecule has 2 aliphatic rings. The molecule has 0 spiro atoms. The van der Waals surface area contributed by atoms with E-state index in [9.17, 15) is 0 Å². The minimum atomic E-state index is 0. The Labute approximate surface area is 172 Å². The molecule has 2 heterocycles. The molecule has 0 radical (unpaired) electrons. The molecule has 0 aromatic heterocycles. The van der Waals surface area contributed by atoms with Crippen molar-refractivity contribution in [2.75, 3.05) is 77.6 Å². The molecule has 2 N–H and O–H groups in total. The van der Waals surface area contributed by atoms with E-state index in [4.69, 9.17) is 9.47 Å². The molecule has 8 heteroatoms. The third-order valence-corrected chi connectivity index (χ3v) is 4.79. The van der Waals surface area contributed by atoms with Gasteiger partial charge in [-0.1, -0.05) is 12.1 Å². The highest BCUT2D eigenvalue weighted by atomic mass is 79.9. The van der Waals surface area contributed by atoms with Crippen LogP contribution in [-0.4, -0.2) is 83.6 Å². The molecule has 2 aliphatic heterocycles. The molecule has 27 heavy (non-hydrogen) atoms. The summed E-state index contributed by atoms with van der Waals surface area (Å²) in [6.07, 6.45) is 0. The van der Waals surface area contributed by atoms with Crippen LogP contribution < -0.4 is 15.5 Å². The standard InChI is InChI=1S/C19H31N5O2.BrH/c1-20-19(21-5-6-23-7-11-25-12-8-23)22-16-17-3-2-4-18(15-17)24-9-13-26-14-10-24;/h2-4,15H,5-14,16H2,1H3,(H2,20,21,22);1H. The Kier molecular flexibility index (Phi) is 9.90. The van der Waals surface area contributed by atoms with Crippen molar-refractivity contribution >= 4 is 28.6 Å². The molecule has 0 aliphatic carbocycles. The van der Waals surface area contributed by atoms with Gasteiger partial charge in [-0.25, -0.2) is 0 Å². The number of nitrogens with zero attached hydrogens (tertiary/aromatic N) is 3. The number of hydrogen-bond donors (Lipinski definition) is 2. The number of hydrogen-bond acceptors (Lipinski definition) is 5. The smallest absolute Gasteiger partial charge is 0.191 e. The lowest BCUT2D eigenvalue weighted by Crippen LogP contribution is -2.44. The van der Waals surface area contributed by atoms with Crippen molar-refractivity contribution in [1.82, 2.24) is 15.5 Å². The van der Waals surface area contributed by atoms with Gasteiger partial charge in [0.15, 0.2) is 5.96 Å². The van der Waals surface area contributed by atoms with Crippen molar-refractivity contribution in [2.45, 2.75) is 6.54 Å². The average Bonchev–Trinajstić information content (AvgIpc) is 2.72. The number of aliphatic imine (C=N–C) groups is 1. The Hall–Kier alpha value is -1.35. The summed E-state index contributed by atoms with van der Waals surface area (Å²) in [4.78, 5) is 9.11. The van der Waals surface area contributed by atoms with Gasteiger partial charge < -0.3 is 25.0 Å². The van der Waals surface area contributed by atoms with Crippen LogP contribution >= 0.6 is 17.0 Å². The summed E-state index contributed by atoms with van der Waals surface area (Å²) in [7, 11) is 1.81. The molecule has 1 aromatic carbocycles. The minimum absolute atomic E-state index is 0. The van der Waals surface area contributed by atoms with E-state index < -0.39 is 0 Å². The Morgan fingerprint density at radius 2 is 1.74 bits per heavy atom. The normalized spacial score (nSPS) is 18.7. The van der Waals surface area contributed by atoms with Crippen LogP contribution in [0.2, 0.25) is 0 Å². The quantitative estimate of drug-likeness (QED) is 0.509. The molecule has 0 unspecified atom stereocenters. The van der Waals surface area contributed by atoms with Gasteiger partial charge in [0.2, 0.25) is 0 Å². The monoisotopic (exact) mass is 441 g/mol. The van der Waals surface area contributed by atoms with Crippen LogP contribution in [0.5, 0.6) is 0 Å². The number of morpholine rings is 2. The molecular formula is C19H32BrN5O2. The van der Waals surface area contributed by atoms with E-state index in [1.54, 1.807) is 0 Å². The molecule has 3 rings (SSSR count). The summed E-state index contributed by atoms with van der Waals surface area (Å²) in [5, 5.41) is 6.80. The lowest BCUT2D eigenvalue weighted by molar-refractivity contribution is 0.0389. The first kappa shape index (κ1) is 21.9. The summed E-state index contributed by atoms with van der Waals surface area (Å²) in [6, 6.07) is 8.69. The minimum Gasteiger partial charge on any atom is -0.379 e. The van der Waals surface area contributed by atoms with Crippen molar-refractivity contribution in [3.63, 3.8) is 0 Å². The van der Waals surface area contributed by atoms with E-state index in [1.807, 2.05) is 7.05 Å². The highest BCUT2D eigenvalue weighted by Crippen LogP contribution is 2.17. The number of ether oxygens (including phenoxy) is 2. The van der Waals surface area contributed by atoms with Crippen LogP contribution in [0.3, 0.4) is 0 Å². The SMILES string of the molecule is Br.CN=C(NCCN1CCOCC1)NCc1cccc(N2CCOCC2)c1. The number of anilines is 1. The molecule has 1 aromatic rings. The summed E-state index contributed by atoms with van der Waals surface area (Å²) in [5.74, 6) is 0.843. The van der Waals surface area contributed by atoms with Gasteiger partial charge in [0.25, 0.3) is 0 Å². The fourth-order valence-corrected chi connectivity index (χ4v) is 3.25. The highest BCUT2D eigenvalue weighted by molar-refractivity contribution is 8.93. The van der Waals surface area contributed by atoms with E-state index in [-0.39, 0.29) is 17.0 Å². The molecule has 0 saturated carbocycles. The van der Waals surface area contributed by atoms with Gasteiger partial charge >= 0.3 is 0 Å². The zero-order valence-corrected chi connectivity index (χ0v) is 17.9. The molecule has 2 saturated heterocycles. The zero-order chi connectivity index (χ0) is 18.0. The number of rotatable bonds is 6. The zero-order valence-electron chi connectivity index (χ0n) is 16.2. The Morgan fingerprint density at radius 1 is 1.04 bits per heavy atom. The van der Waals surface area contributed by atoms with Gasteiger partial charge in [0, 0.05) is 58.5 Å². The van der Waals surface area contributed by atoms with Crippen molar-refractivity contribution in [2.24, 2.45) is 4.99 Å². The lowest BCUT2D eigenvalue weighted by Gasteiger charge is -2.29. The van der Waals surface area contributed by atoms with Crippen LogP contribution in [0, 0.1) is 0 Å². The fourth-order valence-electron chi connectivity index (χ4n) is 3.25.